The van der Waals surface area contributed by atoms with E-state index in [4.69, 9.17) is 4.98 Å². The minimum absolute atomic E-state index is 0.0399. The van der Waals surface area contributed by atoms with Crippen molar-refractivity contribution in [2.45, 2.75) is 12.8 Å². The fraction of sp³-hybridized carbons (Fsp3) is 0.233. The van der Waals surface area contributed by atoms with Crippen LogP contribution in [0.4, 0.5) is 10.2 Å². The maximum atomic E-state index is 13.1. The lowest BCUT2D eigenvalue weighted by molar-refractivity contribution is 0.0974. The number of nitrogens with zero attached hydrogens (tertiary/aromatic N) is 3. The predicted octanol–water partition coefficient (Wildman–Crippen LogP) is 5.64. The van der Waals surface area contributed by atoms with E-state index in [0.29, 0.717) is 17.5 Å². The van der Waals surface area contributed by atoms with Crippen LogP contribution >= 0.6 is 0 Å². The van der Waals surface area contributed by atoms with Gasteiger partial charge in [-0.25, -0.2) is 9.37 Å². The summed E-state index contributed by atoms with van der Waals surface area (Å²) in [5.74, 6) is 0.436. The summed E-state index contributed by atoms with van der Waals surface area (Å²) < 4.78 is 13.1. The minimum Gasteiger partial charge on any atom is -0.353 e. The molecule has 1 aliphatic rings. The zero-order valence-electron chi connectivity index (χ0n) is 20.1. The van der Waals surface area contributed by atoms with E-state index in [-0.39, 0.29) is 11.6 Å². The summed E-state index contributed by atoms with van der Waals surface area (Å²) in [5, 5.41) is 1.89. The number of Topliss-reactive ketones (excluding diaryl/α,β-unsaturated/α-hetero) is 1. The standard InChI is InChI=1S/C30H28FN3O2/c31-24-14-12-22(13-15-24)28(36)11-6-16-33-17-19-34(20-18-33)30-27(21-35)25-9-4-5-10-26(25)29(32-30)23-7-2-1-3-8-23/h1-5,7-10,12-15,21H,6,11,16-20H2. The number of carbonyl (C=O) groups excluding carboxylic acids is 2. The smallest absolute Gasteiger partial charge is 0.162 e. The maximum Gasteiger partial charge on any atom is 0.162 e. The number of anilines is 1. The van der Waals surface area contributed by atoms with Gasteiger partial charge in [0.1, 0.15) is 11.6 Å². The fourth-order valence-corrected chi connectivity index (χ4v) is 4.87. The first-order chi connectivity index (χ1) is 17.6. The van der Waals surface area contributed by atoms with E-state index in [1.54, 1.807) is 12.1 Å². The Morgan fingerprint density at radius 1 is 0.861 bits per heavy atom. The van der Waals surface area contributed by atoms with Gasteiger partial charge in [0.25, 0.3) is 0 Å². The third-order valence-corrected chi connectivity index (χ3v) is 6.81. The Labute approximate surface area is 210 Å². The molecule has 0 N–H and O–H groups in total. The van der Waals surface area contributed by atoms with Gasteiger partial charge < -0.3 is 4.90 Å². The van der Waals surface area contributed by atoms with Gasteiger partial charge in [0, 0.05) is 49.1 Å². The monoisotopic (exact) mass is 481 g/mol. The van der Waals surface area contributed by atoms with Crippen LogP contribution in [0.1, 0.15) is 33.6 Å². The normalized spacial score (nSPS) is 14.2. The first kappa shape index (κ1) is 23.8. The highest BCUT2D eigenvalue weighted by Crippen LogP contribution is 2.34. The Morgan fingerprint density at radius 2 is 1.53 bits per heavy atom. The molecule has 0 atom stereocenters. The molecular weight excluding hydrogens is 453 g/mol. The molecule has 0 unspecified atom stereocenters. The molecule has 4 aromatic rings. The average Bonchev–Trinajstić information content (AvgIpc) is 2.93. The van der Waals surface area contributed by atoms with Gasteiger partial charge in [0.2, 0.25) is 0 Å². The van der Waals surface area contributed by atoms with Crippen LogP contribution in [0.5, 0.6) is 0 Å². The van der Waals surface area contributed by atoms with Crippen LogP contribution in [0.25, 0.3) is 22.0 Å². The number of hydrogen-bond acceptors (Lipinski definition) is 5. The molecule has 182 valence electrons. The molecule has 0 amide bonds. The second-order valence-electron chi connectivity index (χ2n) is 9.09. The molecule has 36 heavy (non-hydrogen) atoms. The van der Waals surface area contributed by atoms with Crippen molar-refractivity contribution in [3.8, 4) is 11.3 Å². The molecule has 0 aliphatic carbocycles. The van der Waals surface area contributed by atoms with Crippen LogP contribution in [0, 0.1) is 5.82 Å². The maximum absolute atomic E-state index is 13.1. The van der Waals surface area contributed by atoms with Crippen molar-refractivity contribution >= 4 is 28.7 Å². The number of piperazine rings is 1. The van der Waals surface area contributed by atoms with Crippen LogP contribution in [0.3, 0.4) is 0 Å². The summed E-state index contributed by atoms with van der Waals surface area (Å²) in [5.41, 5.74) is 3.09. The third kappa shape index (κ3) is 5.04. The van der Waals surface area contributed by atoms with Crippen molar-refractivity contribution in [3.05, 3.63) is 95.8 Å². The summed E-state index contributed by atoms with van der Waals surface area (Å²) in [7, 11) is 0. The molecule has 1 aliphatic heterocycles. The summed E-state index contributed by atoms with van der Waals surface area (Å²) in [6.45, 7) is 4.00. The van der Waals surface area contributed by atoms with E-state index in [1.165, 1.54) is 12.1 Å². The minimum atomic E-state index is -0.334. The molecule has 0 spiro atoms. The molecule has 0 saturated carbocycles. The molecule has 5 rings (SSSR count). The number of aldehydes is 1. The molecule has 0 bridgehead atoms. The van der Waals surface area contributed by atoms with Crippen molar-refractivity contribution in [3.63, 3.8) is 0 Å². The van der Waals surface area contributed by atoms with Gasteiger partial charge in [-0.3, -0.25) is 14.5 Å². The molecule has 1 fully saturated rings. The summed E-state index contributed by atoms with van der Waals surface area (Å²) in [6.07, 6.45) is 2.11. The number of pyridine rings is 1. The Morgan fingerprint density at radius 3 is 2.22 bits per heavy atom. The zero-order valence-corrected chi connectivity index (χ0v) is 20.1. The highest BCUT2D eigenvalue weighted by molar-refractivity contribution is 6.07. The Bertz CT molecular complexity index is 1360. The second-order valence-corrected chi connectivity index (χ2v) is 9.09. The topological polar surface area (TPSA) is 53.5 Å². The largest absolute Gasteiger partial charge is 0.353 e. The predicted molar refractivity (Wildman–Crippen MR) is 141 cm³/mol. The molecule has 3 aromatic carbocycles. The lowest BCUT2D eigenvalue weighted by Crippen LogP contribution is -2.47. The average molecular weight is 482 g/mol. The molecule has 2 heterocycles. The zero-order chi connectivity index (χ0) is 24.9. The van der Waals surface area contributed by atoms with E-state index in [9.17, 15) is 14.0 Å². The number of aromatic nitrogens is 1. The van der Waals surface area contributed by atoms with Gasteiger partial charge in [-0.1, -0.05) is 54.6 Å². The number of halogens is 1. The molecule has 0 radical (unpaired) electrons. The van der Waals surface area contributed by atoms with Gasteiger partial charge >= 0.3 is 0 Å². The van der Waals surface area contributed by atoms with Crippen molar-refractivity contribution in [1.82, 2.24) is 9.88 Å². The number of rotatable bonds is 8. The van der Waals surface area contributed by atoms with E-state index >= 15 is 0 Å². The summed E-state index contributed by atoms with van der Waals surface area (Å²) in [4.78, 5) is 34.1. The van der Waals surface area contributed by atoms with Crippen LogP contribution in [-0.2, 0) is 0 Å². The molecular formula is C30H28FN3O2. The van der Waals surface area contributed by atoms with E-state index < -0.39 is 0 Å². The number of fused-ring (bicyclic) bond motifs is 1. The molecule has 5 nitrogen and oxygen atoms in total. The fourth-order valence-electron chi connectivity index (χ4n) is 4.87. The van der Waals surface area contributed by atoms with Gasteiger partial charge in [0.15, 0.2) is 12.1 Å². The Kier molecular flexibility index (Phi) is 7.14. The lowest BCUT2D eigenvalue weighted by atomic mass is 10.00. The Balaban J connectivity index is 1.28. The van der Waals surface area contributed by atoms with Crippen molar-refractivity contribution in [1.29, 1.82) is 0 Å². The van der Waals surface area contributed by atoms with Crippen molar-refractivity contribution < 1.29 is 14.0 Å². The van der Waals surface area contributed by atoms with Crippen LogP contribution in [-0.4, -0.2) is 54.7 Å². The van der Waals surface area contributed by atoms with Crippen LogP contribution in [0.15, 0.2) is 78.9 Å². The summed E-state index contributed by atoms with van der Waals surface area (Å²) >= 11 is 0. The number of carbonyl (C=O) groups is 2. The first-order valence-corrected chi connectivity index (χ1v) is 12.3. The van der Waals surface area contributed by atoms with E-state index in [2.05, 4.69) is 9.80 Å². The second kappa shape index (κ2) is 10.8. The SMILES string of the molecule is O=Cc1c(N2CCN(CCCC(=O)c3ccc(F)cc3)CC2)nc(-c2ccccc2)c2ccccc12. The molecule has 1 saturated heterocycles. The third-order valence-electron chi connectivity index (χ3n) is 6.81. The Hall–Kier alpha value is -3.90. The van der Waals surface area contributed by atoms with Gasteiger partial charge in [0.05, 0.1) is 11.3 Å². The molecule has 6 heteroatoms. The van der Waals surface area contributed by atoms with Gasteiger partial charge in [-0.2, -0.15) is 0 Å². The first-order valence-electron chi connectivity index (χ1n) is 12.3. The highest BCUT2D eigenvalue weighted by Gasteiger charge is 2.23. The lowest BCUT2D eigenvalue weighted by Gasteiger charge is -2.36. The van der Waals surface area contributed by atoms with Crippen molar-refractivity contribution in [2.75, 3.05) is 37.6 Å². The van der Waals surface area contributed by atoms with Crippen LogP contribution in [0.2, 0.25) is 0 Å². The van der Waals surface area contributed by atoms with E-state index in [0.717, 1.165) is 73.3 Å². The number of hydrogen-bond donors (Lipinski definition) is 0. The van der Waals surface area contributed by atoms with Crippen LogP contribution < -0.4 is 4.90 Å². The number of ketones is 1. The van der Waals surface area contributed by atoms with Crippen molar-refractivity contribution in [2.24, 2.45) is 0 Å². The van der Waals surface area contributed by atoms with Gasteiger partial charge in [-0.05, 0) is 42.6 Å². The molecule has 1 aromatic heterocycles. The highest BCUT2D eigenvalue weighted by atomic mass is 19.1. The number of benzene rings is 3. The summed E-state index contributed by atoms with van der Waals surface area (Å²) in [6, 6.07) is 23.8. The quantitative estimate of drug-likeness (QED) is 0.241. The van der Waals surface area contributed by atoms with E-state index in [1.807, 2.05) is 54.6 Å². The van der Waals surface area contributed by atoms with Gasteiger partial charge in [-0.15, -0.1) is 0 Å².